The van der Waals surface area contributed by atoms with Gasteiger partial charge in [0.25, 0.3) is 0 Å². The molecule has 0 spiro atoms. The smallest absolute Gasteiger partial charge is 0.410 e. The summed E-state index contributed by atoms with van der Waals surface area (Å²) < 4.78 is 5.37. The molecule has 0 saturated carbocycles. The van der Waals surface area contributed by atoms with Crippen LogP contribution in [0.1, 0.15) is 39.2 Å². The lowest BCUT2D eigenvalue weighted by Crippen LogP contribution is -2.45. The molecule has 1 aliphatic rings. The first kappa shape index (κ1) is 19.1. The number of likely N-dealkylation sites (tertiary alicyclic amines) is 1. The van der Waals surface area contributed by atoms with Gasteiger partial charge in [0.2, 0.25) is 5.91 Å². The molecule has 25 heavy (non-hydrogen) atoms. The molecule has 1 fully saturated rings. The van der Waals surface area contributed by atoms with Gasteiger partial charge in [0.1, 0.15) is 11.7 Å². The molecule has 1 aromatic rings. The normalized spacial score (nSPS) is 17.6. The van der Waals surface area contributed by atoms with Crippen molar-refractivity contribution in [1.29, 1.82) is 5.26 Å². The van der Waals surface area contributed by atoms with Crippen LogP contribution in [0.25, 0.3) is 0 Å². The monoisotopic (exact) mass is 363 g/mol. The fraction of sp³-hybridized carbons (Fsp3) is 0.500. The average Bonchev–Trinajstić information content (AvgIpc) is 2.53. The second-order valence-corrected chi connectivity index (χ2v) is 7.47. The zero-order valence-electron chi connectivity index (χ0n) is 14.6. The molecule has 6 nitrogen and oxygen atoms in total. The Morgan fingerprint density at radius 1 is 1.40 bits per heavy atom. The number of nitrogens with zero attached hydrogens (tertiary/aromatic N) is 2. The van der Waals surface area contributed by atoms with Crippen LogP contribution in [0.3, 0.4) is 0 Å². The van der Waals surface area contributed by atoms with Gasteiger partial charge in [-0.15, -0.1) is 0 Å². The predicted octanol–water partition coefficient (Wildman–Crippen LogP) is 3.80. The number of anilines is 1. The number of benzene rings is 1. The minimum Gasteiger partial charge on any atom is -0.444 e. The van der Waals surface area contributed by atoms with Crippen molar-refractivity contribution in [3.05, 3.63) is 28.8 Å². The van der Waals surface area contributed by atoms with E-state index in [0.29, 0.717) is 35.8 Å². The lowest BCUT2D eigenvalue weighted by molar-refractivity contribution is -0.121. The Kier molecular flexibility index (Phi) is 5.91. The minimum absolute atomic E-state index is 0.172. The van der Waals surface area contributed by atoms with E-state index in [4.69, 9.17) is 21.6 Å². The molecule has 2 amide bonds. The van der Waals surface area contributed by atoms with Crippen LogP contribution in [0, 0.1) is 17.2 Å². The quantitative estimate of drug-likeness (QED) is 0.866. The van der Waals surface area contributed by atoms with Gasteiger partial charge in [-0.2, -0.15) is 5.26 Å². The van der Waals surface area contributed by atoms with Crippen LogP contribution in [0.2, 0.25) is 5.02 Å². The molecule has 0 bridgehead atoms. The Labute approximate surface area is 152 Å². The van der Waals surface area contributed by atoms with Crippen LogP contribution in [-0.4, -0.2) is 35.6 Å². The number of nitriles is 1. The molecule has 0 radical (unpaired) electrons. The third-order valence-electron chi connectivity index (χ3n) is 3.80. The van der Waals surface area contributed by atoms with Crippen molar-refractivity contribution in [3.63, 3.8) is 0 Å². The number of hydrogen-bond donors (Lipinski definition) is 1. The van der Waals surface area contributed by atoms with E-state index in [1.165, 1.54) is 0 Å². The van der Waals surface area contributed by atoms with Crippen molar-refractivity contribution < 1.29 is 14.3 Å². The molecule has 1 aromatic carbocycles. The number of carbonyl (C=O) groups is 2. The highest BCUT2D eigenvalue weighted by atomic mass is 35.5. The van der Waals surface area contributed by atoms with Gasteiger partial charge in [0.05, 0.1) is 16.5 Å². The molecular formula is C18H22ClN3O3. The first-order valence-corrected chi connectivity index (χ1v) is 8.56. The Hall–Kier alpha value is -2.26. The second-order valence-electron chi connectivity index (χ2n) is 7.06. The highest BCUT2D eigenvalue weighted by Crippen LogP contribution is 2.23. The molecule has 1 aliphatic heterocycles. The first-order chi connectivity index (χ1) is 11.7. The molecule has 1 saturated heterocycles. The molecule has 0 unspecified atom stereocenters. The van der Waals surface area contributed by atoms with Crippen molar-refractivity contribution in [1.82, 2.24) is 4.90 Å². The van der Waals surface area contributed by atoms with Gasteiger partial charge in [-0.05, 0) is 51.8 Å². The average molecular weight is 364 g/mol. The zero-order valence-corrected chi connectivity index (χ0v) is 15.4. The van der Waals surface area contributed by atoms with Gasteiger partial charge in [-0.25, -0.2) is 4.79 Å². The second kappa shape index (κ2) is 7.75. The summed E-state index contributed by atoms with van der Waals surface area (Å²) in [6.45, 7) is 6.35. The zero-order chi connectivity index (χ0) is 18.6. The number of hydrogen-bond acceptors (Lipinski definition) is 4. The summed E-state index contributed by atoms with van der Waals surface area (Å²) in [5, 5.41) is 12.0. The highest BCUT2D eigenvalue weighted by molar-refractivity contribution is 6.32. The summed E-state index contributed by atoms with van der Waals surface area (Å²) in [6, 6.07) is 6.72. The predicted molar refractivity (Wildman–Crippen MR) is 95.3 cm³/mol. The van der Waals surface area contributed by atoms with E-state index in [-0.39, 0.29) is 11.8 Å². The van der Waals surface area contributed by atoms with E-state index in [9.17, 15) is 9.59 Å². The summed E-state index contributed by atoms with van der Waals surface area (Å²) in [7, 11) is 0. The van der Waals surface area contributed by atoms with Crippen LogP contribution in [0.5, 0.6) is 0 Å². The van der Waals surface area contributed by atoms with E-state index in [1.807, 2.05) is 26.8 Å². The number of carbonyl (C=O) groups excluding carboxylic acids is 2. The molecule has 0 aromatic heterocycles. The Morgan fingerprint density at radius 2 is 2.12 bits per heavy atom. The molecule has 0 aliphatic carbocycles. The summed E-state index contributed by atoms with van der Waals surface area (Å²) in [5.74, 6) is -0.482. The van der Waals surface area contributed by atoms with Crippen LogP contribution in [0.4, 0.5) is 10.5 Å². The van der Waals surface area contributed by atoms with Crippen molar-refractivity contribution in [2.75, 3.05) is 18.4 Å². The number of nitrogens with one attached hydrogen (secondary N) is 1. The molecule has 7 heteroatoms. The lowest BCUT2D eigenvalue weighted by atomic mass is 9.97. The van der Waals surface area contributed by atoms with Gasteiger partial charge in [-0.3, -0.25) is 4.79 Å². The van der Waals surface area contributed by atoms with Crippen molar-refractivity contribution in [2.45, 2.75) is 39.2 Å². The SMILES string of the molecule is CC(C)(C)OC(=O)N1CCC[C@H](C(=O)Nc2ccc(C#N)c(Cl)c2)C1. The van der Waals surface area contributed by atoms with E-state index in [0.717, 1.165) is 6.42 Å². The Bertz CT molecular complexity index is 706. The van der Waals surface area contributed by atoms with Gasteiger partial charge >= 0.3 is 6.09 Å². The maximum absolute atomic E-state index is 12.5. The third kappa shape index (κ3) is 5.36. The number of rotatable bonds is 2. The van der Waals surface area contributed by atoms with Crippen molar-refractivity contribution in [2.24, 2.45) is 5.92 Å². The van der Waals surface area contributed by atoms with Crippen LogP contribution >= 0.6 is 11.6 Å². The van der Waals surface area contributed by atoms with E-state index >= 15 is 0 Å². The fourth-order valence-electron chi connectivity index (χ4n) is 2.61. The molecular weight excluding hydrogens is 342 g/mol. The first-order valence-electron chi connectivity index (χ1n) is 8.18. The van der Waals surface area contributed by atoms with Gasteiger partial charge in [-0.1, -0.05) is 11.6 Å². The van der Waals surface area contributed by atoms with Gasteiger partial charge in [0, 0.05) is 18.8 Å². The maximum Gasteiger partial charge on any atom is 0.410 e. The summed E-state index contributed by atoms with van der Waals surface area (Å²) >= 11 is 5.98. The fourth-order valence-corrected chi connectivity index (χ4v) is 2.83. The number of piperidine rings is 1. The van der Waals surface area contributed by atoms with Crippen molar-refractivity contribution >= 4 is 29.3 Å². The lowest BCUT2D eigenvalue weighted by Gasteiger charge is -2.33. The molecule has 2 rings (SSSR count). The number of amides is 2. The van der Waals surface area contributed by atoms with Gasteiger partial charge < -0.3 is 15.0 Å². The van der Waals surface area contributed by atoms with Crippen LogP contribution < -0.4 is 5.32 Å². The molecule has 134 valence electrons. The summed E-state index contributed by atoms with van der Waals surface area (Å²) in [6.07, 6.45) is 1.05. The summed E-state index contributed by atoms with van der Waals surface area (Å²) in [5.41, 5.74) is 0.322. The standard InChI is InChI=1S/C18H22ClN3O3/c1-18(2,3)25-17(24)22-8-4-5-13(11-22)16(23)21-14-7-6-12(10-20)15(19)9-14/h6-7,9,13H,4-5,8,11H2,1-3H3,(H,21,23)/t13-/m0/s1. The minimum atomic E-state index is -0.564. The maximum atomic E-state index is 12.5. The number of ether oxygens (including phenoxy) is 1. The van der Waals surface area contributed by atoms with Crippen molar-refractivity contribution in [3.8, 4) is 6.07 Å². The largest absolute Gasteiger partial charge is 0.444 e. The van der Waals surface area contributed by atoms with E-state index in [2.05, 4.69) is 5.32 Å². The Morgan fingerprint density at radius 3 is 2.72 bits per heavy atom. The van der Waals surface area contributed by atoms with Crippen LogP contribution in [0.15, 0.2) is 18.2 Å². The molecule has 1 atom stereocenters. The number of halogens is 1. The van der Waals surface area contributed by atoms with E-state index < -0.39 is 11.7 Å². The van der Waals surface area contributed by atoms with Gasteiger partial charge in [0.15, 0.2) is 0 Å². The Balaban J connectivity index is 1.99. The van der Waals surface area contributed by atoms with Crippen LogP contribution in [-0.2, 0) is 9.53 Å². The highest BCUT2D eigenvalue weighted by Gasteiger charge is 2.31. The summed E-state index contributed by atoms with van der Waals surface area (Å²) in [4.78, 5) is 26.2. The molecule has 1 heterocycles. The van der Waals surface area contributed by atoms with E-state index in [1.54, 1.807) is 23.1 Å². The topological polar surface area (TPSA) is 82.4 Å². The third-order valence-corrected chi connectivity index (χ3v) is 4.11. The molecule has 1 N–H and O–H groups in total.